The normalized spacial score (nSPS) is 15.7. The third-order valence-electron chi connectivity index (χ3n) is 4.76. The largest absolute Gasteiger partial charge is 0.481 e. The highest BCUT2D eigenvalue weighted by molar-refractivity contribution is 5.75. The van der Waals surface area contributed by atoms with E-state index in [4.69, 9.17) is 4.74 Å². The number of rotatable bonds is 3. The van der Waals surface area contributed by atoms with Crippen LogP contribution in [0.15, 0.2) is 35.1 Å². The first-order valence-corrected chi connectivity index (χ1v) is 8.49. The number of benzene rings is 1. The van der Waals surface area contributed by atoms with Crippen LogP contribution in [-0.2, 0) is 0 Å². The van der Waals surface area contributed by atoms with Gasteiger partial charge in [0.1, 0.15) is 0 Å². The van der Waals surface area contributed by atoms with Crippen LogP contribution in [0, 0.1) is 6.92 Å². The summed E-state index contributed by atoms with van der Waals surface area (Å²) in [6.07, 6.45) is 1.75. The molecular formula is C18H21N5O2. The first-order valence-electron chi connectivity index (χ1n) is 8.49. The smallest absolute Gasteiger partial charge is 0.326 e. The van der Waals surface area contributed by atoms with E-state index in [9.17, 15) is 4.79 Å². The molecule has 1 fully saturated rings. The van der Waals surface area contributed by atoms with Crippen LogP contribution in [0.4, 0.5) is 5.95 Å². The van der Waals surface area contributed by atoms with Crippen molar-refractivity contribution < 1.29 is 4.74 Å². The van der Waals surface area contributed by atoms with Crippen molar-refractivity contribution in [3.63, 3.8) is 0 Å². The number of hydrogen-bond donors (Lipinski definition) is 1. The summed E-state index contributed by atoms with van der Waals surface area (Å²) in [4.78, 5) is 26.4. The van der Waals surface area contributed by atoms with Crippen LogP contribution >= 0.6 is 0 Å². The quantitative estimate of drug-likeness (QED) is 0.792. The van der Waals surface area contributed by atoms with Gasteiger partial charge in [-0.25, -0.2) is 9.78 Å². The first kappa shape index (κ1) is 15.7. The minimum absolute atomic E-state index is 0.0341. The molecule has 1 N–H and O–H groups in total. The lowest BCUT2D eigenvalue weighted by Gasteiger charge is -2.32. The summed E-state index contributed by atoms with van der Waals surface area (Å²) < 4.78 is 7.14. The molecule has 25 heavy (non-hydrogen) atoms. The SMILES string of the molecule is COc1cc(C)nc(N2CCC(n3c(=O)[nH]c4ccccc43)CC2)n1. The molecule has 0 saturated carbocycles. The molecular weight excluding hydrogens is 318 g/mol. The van der Waals surface area contributed by atoms with Crippen LogP contribution < -0.4 is 15.3 Å². The molecule has 7 nitrogen and oxygen atoms in total. The molecule has 3 aromatic rings. The van der Waals surface area contributed by atoms with Gasteiger partial charge in [0.05, 0.1) is 18.1 Å². The molecule has 1 aliphatic heterocycles. The van der Waals surface area contributed by atoms with Gasteiger partial charge in [0.15, 0.2) is 0 Å². The molecule has 0 spiro atoms. The maximum atomic E-state index is 12.4. The van der Waals surface area contributed by atoms with Gasteiger partial charge >= 0.3 is 5.69 Å². The van der Waals surface area contributed by atoms with Gasteiger partial charge in [0.2, 0.25) is 11.8 Å². The van der Waals surface area contributed by atoms with Gasteiger partial charge in [-0.3, -0.25) is 4.57 Å². The Balaban J connectivity index is 1.56. The molecule has 0 bridgehead atoms. The minimum Gasteiger partial charge on any atom is -0.481 e. The number of H-pyrrole nitrogens is 1. The van der Waals surface area contributed by atoms with E-state index in [-0.39, 0.29) is 11.7 Å². The number of aryl methyl sites for hydroxylation is 1. The average molecular weight is 339 g/mol. The number of nitrogens with zero attached hydrogens (tertiary/aromatic N) is 4. The number of aromatic amines is 1. The highest BCUT2D eigenvalue weighted by atomic mass is 16.5. The number of hydrogen-bond acceptors (Lipinski definition) is 5. The summed E-state index contributed by atoms with van der Waals surface area (Å²) >= 11 is 0. The average Bonchev–Trinajstić information content (AvgIpc) is 2.97. The Kier molecular flexibility index (Phi) is 3.91. The lowest BCUT2D eigenvalue weighted by molar-refractivity contribution is 0.384. The van der Waals surface area contributed by atoms with Crippen LogP contribution in [0.1, 0.15) is 24.6 Å². The monoisotopic (exact) mass is 339 g/mol. The molecule has 1 aliphatic rings. The van der Waals surface area contributed by atoms with E-state index in [0.717, 1.165) is 42.7 Å². The zero-order chi connectivity index (χ0) is 17.4. The van der Waals surface area contributed by atoms with Crippen LogP contribution in [0.5, 0.6) is 5.88 Å². The summed E-state index contributed by atoms with van der Waals surface area (Å²) in [7, 11) is 1.61. The van der Waals surface area contributed by atoms with Gasteiger partial charge in [0, 0.05) is 30.9 Å². The van der Waals surface area contributed by atoms with Crippen molar-refractivity contribution >= 4 is 17.0 Å². The second-order valence-electron chi connectivity index (χ2n) is 6.39. The van der Waals surface area contributed by atoms with Crippen molar-refractivity contribution in [1.82, 2.24) is 19.5 Å². The van der Waals surface area contributed by atoms with Crippen LogP contribution in [-0.4, -0.2) is 39.7 Å². The van der Waals surface area contributed by atoms with Crippen molar-refractivity contribution in [1.29, 1.82) is 0 Å². The fourth-order valence-electron chi connectivity index (χ4n) is 3.53. The molecule has 4 rings (SSSR count). The van der Waals surface area contributed by atoms with Crippen LogP contribution in [0.2, 0.25) is 0 Å². The molecule has 1 aromatic carbocycles. The third kappa shape index (κ3) is 2.86. The maximum absolute atomic E-state index is 12.4. The molecule has 0 unspecified atom stereocenters. The number of piperidine rings is 1. The van der Waals surface area contributed by atoms with Crippen molar-refractivity contribution in [3.05, 3.63) is 46.5 Å². The van der Waals surface area contributed by atoms with Gasteiger partial charge in [-0.05, 0) is 31.9 Å². The zero-order valence-electron chi connectivity index (χ0n) is 14.4. The lowest BCUT2D eigenvalue weighted by atomic mass is 10.0. The molecule has 0 atom stereocenters. The first-order chi connectivity index (χ1) is 12.2. The number of fused-ring (bicyclic) bond motifs is 1. The fraction of sp³-hybridized carbons (Fsp3) is 0.389. The van der Waals surface area contributed by atoms with E-state index in [1.54, 1.807) is 7.11 Å². The predicted octanol–water partition coefficient (Wildman–Crippen LogP) is 2.28. The van der Waals surface area contributed by atoms with Crippen molar-refractivity contribution in [2.75, 3.05) is 25.1 Å². The maximum Gasteiger partial charge on any atom is 0.326 e. The fourth-order valence-corrected chi connectivity index (χ4v) is 3.53. The number of methoxy groups -OCH3 is 1. The lowest BCUT2D eigenvalue weighted by Crippen LogP contribution is -2.38. The van der Waals surface area contributed by atoms with E-state index >= 15 is 0 Å². The molecule has 130 valence electrons. The number of anilines is 1. The van der Waals surface area contributed by atoms with Gasteiger partial charge in [-0.1, -0.05) is 12.1 Å². The Hall–Kier alpha value is -2.83. The van der Waals surface area contributed by atoms with Gasteiger partial charge in [0.25, 0.3) is 0 Å². The highest BCUT2D eigenvalue weighted by Crippen LogP contribution is 2.27. The number of ether oxygens (including phenoxy) is 1. The van der Waals surface area contributed by atoms with Crippen molar-refractivity contribution in [3.8, 4) is 5.88 Å². The number of aromatic nitrogens is 4. The Morgan fingerprint density at radius 1 is 1.20 bits per heavy atom. The molecule has 0 amide bonds. The van der Waals surface area contributed by atoms with E-state index in [1.807, 2.05) is 41.8 Å². The summed E-state index contributed by atoms with van der Waals surface area (Å²) in [5.41, 5.74) is 2.71. The number of nitrogens with one attached hydrogen (secondary N) is 1. The predicted molar refractivity (Wildman–Crippen MR) is 96.4 cm³/mol. The standard InChI is InChI=1S/C18H21N5O2/c1-12-11-16(25-2)21-17(19-12)22-9-7-13(8-10-22)23-15-6-4-3-5-14(15)20-18(23)24/h3-6,11,13H,7-10H2,1-2H3,(H,20,24). The van der Waals surface area contributed by atoms with Crippen LogP contribution in [0.3, 0.4) is 0 Å². The molecule has 0 aliphatic carbocycles. The van der Waals surface area contributed by atoms with E-state index in [0.29, 0.717) is 11.8 Å². The van der Waals surface area contributed by atoms with E-state index in [2.05, 4.69) is 19.9 Å². The Morgan fingerprint density at radius 2 is 1.96 bits per heavy atom. The molecule has 1 saturated heterocycles. The Bertz CT molecular complexity index is 953. The zero-order valence-corrected chi connectivity index (χ0v) is 14.4. The van der Waals surface area contributed by atoms with Gasteiger partial charge in [-0.2, -0.15) is 4.98 Å². The second-order valence-corrected chi connectivity index (χ2v) is 6.39. The summed E-state index contributed by atoms with van der Waals surface area (Å²) in [5, 5.41) is 0. The molecule has 7 heteroatoms. The summed E-state index contributed by atoms with van der Waals surface area (Å²) in [6, 6.07) is 9.85. The summed E-state index contributed by atoms with van der Waals surface area (Å²) in [6.45, 7) is 3.55. The van der Waals surface area contributed by atoms with Crippen LogP contribution in [0.25, 0.3) is 11.0 Å². The van der Waals surface area contributed by atoms with E-state index < -0.39 is 0 Å². The number of imidazole rings is 1. The molecule has 3 heterocycles. The number of para-hydroxylation sites is 2. The third-order valence-corrected chi connectivity index (χ3v) is 4.76. The van der Waals surface area contributed by atoms with E-state index in [1.165, 1.54) is 0 Å². The summed E-state index contributed by atoms with van der Waals surface area (Å²) in [5.74, 6) is 1.28. The van der Waals surface area contributed by atoms with Gasteiger partial charge in [-0.15, -0.1) is 0 Å². The van der Waals surface area contributed by atoms with Crippen molar-refractivity contribution in [2.24, 2.45) is 0 Å². The second kappa shape index (κ2) is 6.23. The topological polar surface area (TPSA) is 76.0 Å². The Labute approximate surface area is 145 Å². The Morgan fingerprint density at radius 3 is 2.72 bits per heavy atom. The minimum atomic E-state index is -0.0341. The highest BCUT2D eigenvalue weighted by Gasteiger charge is 2.25. The molecule has 2 aromatic heterocycles. The molecule has 0 radical (unpaired) electrons. The van der Waals surface area contributed by atoms with Gasteiger partial charge < -0.3 is 14.6 Å². The van der Waals surface area contributed by atoms with Crippen molar-refractivity contribution in [2.45, 2.75) is 25.8 Å².